The van der Waals surface area contributed by atoms with Crippen LogP contribution in [0.1, 0.15) is 5.69 Å². The lowest BCUT2D eigenvalue weighted by atomic mass is 10.3. The van der Waals surface area contributed by atoms with E-state index in [-0.39, 0.29) is 5.75 Å². The van der Waals surface area contributed by atoms with Crippen LogP contribution in [0.15, 0.2) is 18.2 Å². The highest BCUT2D eigenvalue weighted by atomic mass is 35.5. The van der Waals surface area contributed by atoms with Gasteiger partial charge in [0, 0.05) is 0 Å². The minimum Gasteiger partial charge on any atom is -0.506 e. The molecule has 1 heterocycles. The van der Waals surface area contributed by atoms with Crippen LogP contribution >= 0.6 is 11.6 Å². The van der Waals surface area contributed by atoms with Crippen molar-refractivity contribution in [3.8, 4) is 5.75 Å². The number of hydrogen-bond acceptors (Lipinski definition) is 3. The van der Waals surface area contributed by atoms with Gasteiger partial charge in [0.1, 0.15) is 11.3 Å². The third-order valence-corrected chi connectivity index (χ3v) is 2.15. The standard InChI is InChI=1S/C9H7ClN2O/c1-5-9(10)12-6-3-2-4-7(13)8(6)11-5/h2-4,13H,1H3. The minimum atomic E-state index is 0.129. The first kappa shape index (κ1) is 8.26. The van der Waals surface area contributed by atoms with Gasteiger partial charge in [-0.2, -0.15) is 0 Å². The number of aryl methyl sites for hydroxylation is 1. The second-order valence-electron chi connectivity index (χ2n) is 2.74. The summed E-state index contributed by atoms with van der Waals surface area (Å²) in [5.41, 5.74) is 1.72. The molecule has 0 aliphatic heterocycles. The molecule has 1 aromatic heterocycles. The maximum atomic E-state index is 9.44. The van der Waals surface area contributed by atoms with Crippen LogP contribution < -0.4 is 0 Å². The number of para-hydroxylation sites is 1. The van der Waals surface area contributed by atoms with Crippen LogP contribution in [0.5, 0.6) is 5.75 Å². The fourth-order valence-electron chi connectivity index (χ4n) is 1.12. The summed E-state index contributed by atoms with van der Waals surface area (Å²) in [5, 5.41) is 9.81. The van der Waals surface area contributed by atoms with Gasteiger partial charge in [0.2, 0.25) is 0 Å². The first-order valence-corrected chi connectivity index (χ1v) is 4.18. The zero-order valence-electron chi connectivity index (χ0n) is 6.95. The van der Waals surface area contributed by atoms with E-state index in [1.165, 1.54) is 0 Å². The summed E-state index contributed by atoms with van der Waals surface area (Å²) in [4.78, 5) is 8.21. The predicted molar refractivity (Wildman–Crippen MR) is 50.9 cm³/mol. The van der Waals surface area contributed by atoms with E-state index >= 15 is 0 Å². The lowest BCUT2D eigenvalue weighted by Crippen LogP contribution is -1.89. The Balaban J connectivity index is 2.89. The van der Waals surface area contributed by atoms with Crippen molar-refractivity contribution in [2.45, 2.75) is 6.92 Å². The van der Waals surface area contributed by atoms with E-state index in [1.807, 2.05) is 0 Å². The van der Waals surface area contributed by atoms with E-state index in [0.717, 1.165) is 0 Å². The molecule has 0 spiro atoms. The number of nitrogens with zero attached hydrogens (tertiary/aromatic N) is 2. The number of halogens is 1. The topological polar surface area (TPSA) is 46.0 Å². The van der Waals surface area contributed by atoms with E-state index in [1.54, 1.807) is 25.1 Å². The van der Waals surface area contributed by atoms with Crippen molar-refractivity contribution >= 4 is 22.6 Å². The summed E-state index contributed by atoms with van der Waals surface area (Å²) < 4.78 is 0. The molecule has 0 saturated heterocycles. The summed E-state index contributed by atoms with van der Waals surface area (Å²) in [5.74, 6) is 0.129. The molecule has 13 heavy (non-hydrogen) atoms. The third-order valence-electron chi connectivity index (χ3n) is 1.79. The largest absolute Gasteiger partial charge is 0.506 e. The number of fused-ring (bicyclic) bond motifs is 1. The number of hydrogen-bond donors (Lipinski definition) is 1. The van der Waals surface area contributed by atoms with Crippen LogP contribution in [-0.4, -0.2) is 15.1 Å². The molecule has 0 unspecified atom stereocenters. The SMILES string of the molecule is Cc1nc2c(O)cccc2nc1Cl. The van der Waals surface area contributed by atoms with Gasteiger partial charge in [0.25, 0.3) is 0 Å². The molecule has 0 saturated carbocycles. The van der Waals surface area contributed by atoms with Gasteiger partial charge in [0.15, 0.2) is 5.15 Å². The molecule has 66 valence electrons. The Morgan fingerprint density at radius 3 is 2.85 bits per heavy atom. The molecule has 2 rings (SSSR count). The lowest BCUT2D eigenvalue weighted by Gasteiger charge is -2.01. The number of rotatable bonds is 0. The van der Waals surface area contributed by atoms with Crippen LogP contribution in [0.25, 0.3) is 11.0 Å². The van der Waals surface area contributed by atoms with Crippen LogP contribution in [0.2, 0.25) is 5.15 Å². The molecule has 2 aromatic rings. The lowest BCUT2D eigenvalue weighted by molar-refractivity contribution is 0.480. The van der Waals surface area contributed by atoms with Crippen molar-refractivity contribution < 1.29 is 5.11 Å². The van der Waals surface area contributed by atoms with Crippen LogP contribution in [0.4, 0.5) is 0 Å². The third kappa shape index (κ3) is 1.31. The van der Waals surface area contributed by atoms with Crippen molar-refractivity contribution in [3.63, 3.8) is 0 Å². The molecule has 0 aliphatic carbocycles. The number of phenolic OH excluding ortho intramolecular Hbond substituents is 1. The first-order valence-electron chi connectivity index (χ1n) is 3.80. The van der Waals surface area contributed by atoms with Gasteiger partial charge in [0.05, 0.1) is 11.2 Å². The van der Waals surface area contributed by atoms with E-state index < -0.39 is 0 Å². The predicted octanol–water partition coefficient (Wildman–Crippen LogP) is 2.30. The Bertz CT molecular complexity index is 470. The fraction of sp³-hybridized carbons (Fsp3) is 0.111. The molecule has 0 bridgehead atoms. The molecule has 0 atom stereocenters. The number of aromatic hydroxyl groups is 1. The first-order chi connectivity index (χ1) is 6.18. The summed E-state index contributed by atoms with van der Waals surface area (Å²) in [6.07, 6.45) is 0. The summed E-state index contributed by atoms with van der Waals surface area (Å²) >= 11 is 5.78. The van der Waals surface area contributed by atoms with E-state index in [0.29, 0.717) is 21.9 Å². The van der Waals surface area contributed by atoms with E-state index in [9.17, 15) is 5.11 Å². The Kier molecular flexibility index (Phi) is 1.81. The number of phenols is 1. The van der Waals surface area contributed by atoms with E-state index in [4.69, 9.17) is 11.6 Å². The Hall–Kier alpha value is -1.35. The van der Waals surface area contributed by atoms with Crippen LogP contribution in [0.3, 0.4) is 0 Å². The molecule has 0 amide bonds. The summed E-state index contributed by atoms with van der Waals surface area (Å²) in [6.45, 7) is 1.75. The van der Waals surface area contributed by atoms with Gasteiger partial charge in [-0.3, -0.25) is 0 Å². The molecule has 0 fully saturated rings. The molecule has 0 radical (unpaired) electrons. The normalized spacial score (nSPS) is 10.6. The van der Waals surface area contributed by atoms with E-state index in [2.05, 4.69) is 9.97 Å². The number of benzene rings is 1. The minimum absolute atomic E-state index is 0.129. The van der Waals surface area contributed by atoms with Gasteiger partial charge in [-0.15, -0.1) is 0 Å². The molecule has 3 nitrogen and oxygen atoms in total. The highest BCUT2D eigenvalue weighted by molar-refractivity contribution is 6.30. The van der Waals surface area contributed by atoms with Gasteiger partial charge in [-0.25, -0.2) is 9.97 Å². The quantitative estimate of drug-likeness (QED) is 0.700. The Morgan fingerprint density at radius 2 is 2.08 bits per heavy atom. The highest BCUT2D eigenvalue weighted by Crippen LogP contribution is 2.23. The molecular weight excluding hydrogens is 188 g/mol. The second-order valence-corrected chi connectivity index (χ2v) is 3.10. The number of aromatic nitrogens is 2. The average Bonchev–Trinajstić information content (AvgIpc) is 2.09. The Labute approximate surface area is 80.0 Å². The molecular formula is C9H7ClN2O. The summed E-state index contributed by atoms with van der Waals surface area (Å²) in [6, 6.07) is 5.04. The second kappa shape index (κ2) is 2.85. The molecule has 0 aliphatic rings. The van der Waals surface area contributed by atoms with Crippen molar-refractivity contribution in [1.29, 1.82) is 0 Å². The van der Waals surface area contributed by atoms with Crippen LogP contribution in [-0.2, 0) is 0 Å². The molecule has 4 heteroatoms. The van der Waals surface area contributed by atoms with Gasteiger partial charge in [-0.05, 0) is 19.1 Å². The van der Waals surface area contributed by atoms with Crippen molar-refractivity contribution in [2.75, 3.05) is 0 Å². The van der Waals surface area contributed by atoms with Gasteiger partial charge < -0.3 is 5.11 Å². The maximum Gasteiger partial charge on any atom is 0.150 e. The maximum absolute atomic E-state index is 9.44. The van der Waals surface area contributed by atoms with Crippen LogP contribution in [0, 0.1) is 6.92 Å². The smallest absolute Gasteiger partial charge is 0.150 e. The highest BCUT2D eigenvalue weighted by Gasteiger charge is 2.05. The fourth-order valence-corrected chi connectivity index (χ4v) is 1.26. The molecule has 1 aromatic carbocycles. The summed E-state index contributed by atoms with van der Waals surface area (Å²) in [7, 11) is 0. The van der Waals surface area contributed by atoms with Crippen molar-refractivity contribution in [1.82, 2.24) is 9.97 Å². The van der Waals surface area contributed by atoms with Gasteiger partial charge >= 0.3 is 0 Å². The monoisotopic (exact) mass is 194 g/mol. The zero-order chi connectivity index (χ0) is 9.42. The van der Waals surface area contributed by atoms with Gasteiger partial charge in [-0.1, -0.05) is 17.7 Å². The zero-order valence-corrected chi connectivity index (χ0v) is 7.71. The Morgan fingerprint density at radius 1 is 1.31 bits per heavy atom. The van der Waals surface area contributed by atoms with Crippen molar-refractivity contribution in [3.05, 3.63) is 29.0 Å². The molecule has 1 N–H and O–H groups in total. The average molecular weight is 195 g/mol. The van der Waals surface area contributed by atoms with Crippen molar-refractivity contribution in [2.24, 2.45) is 0 Å².